The lowest BCUT2D eigenvalue weighted by atomic mass is 10.1. The van der Waals surface area contributed by atoms with Gasteiger partial charge in [-0.3, -0.25) is 9.59 Å². The Bertz CT molecular complexity index is 920. The number of rotatable bonds is 5. The Morgan fingerprint density at radius 1 is 1.23 bits per heavy atom. The van der Waals surface area contributed by atoms with Crippen LogP contribution in [0, 0.1) is 0 Å². The van der Waals surface area contributed by atoms with E-state index in [0.29, 0.717) is 33.3 Å². The largest absolute Gasteiger partial charge is 0.483 e. The molecule has 2 N–H and O–H groups in total. The van der Waals surface area contributed by atoms with Crippen LogP contribution in [0.5, 0.6) is 5.75 Å². The van der Waals surface area contributed by atoms with Crippen LogP contribution in [-0.4, -0.2) is 24.1 Å². The summed E-state index contributed by atoms with van der Waals surface area (Å²) in [4.78, 5) is 23.7. The van der Waals surface area contributed by atoms with E-state index in [1.807, 2.05) is 6.07 Å². The lowest BCUT2D eigenvalue weighted by molar-refractivity contribution is -0.120. The molecule has 0 unspecified atom stereocenters. The van der Waals surface area contributed by atoms with E-state index < -0.39 is 5.91 Å². The molecule has 6 nitrogen and oxygen atoms in total. The number of carbonyl (C=O) groups excluding carboxylic acids is 2. The van der Waals surface area contributed by atoms with Gasteiger partial charge in [-0.25, -0.2) is 0 Å². The molecule has 0 bridgehead atoms. The van der Waals surface area contributed by atoms with E-state index in [0.717, 1.165) is 0 Å². The standard InChI is InChI=1S/C19H16ClN3O3/c1-12-16(10-13-4-2-3-5-17(13)26-11-18(21)24)19(25)23(22-12)15-8-6-14(20)7-9-15/h2-10H,11H2,1H3,(H2,21,24). The molecule has 0 atom stereocenters. The normalized spacial score (nSPS) is 15.3. The van der Waals surface area contributed by atoms with Crippen LogP contribution in [0.4, 0.5) is 5.69 Å². The number of ether oxygens (including phenoxy) is 1. The maximum Gasteiger partial charge on any atom is 0.280 e. The topological polar surface area (TPSA) is 85.0 Å². The summed E-state index contributed by atoms with van der Waals surface area (Å²) < 4.78 is 5.41. The second-order valence-electron chi connectivity index (χ2n) is 5.63. The summed E-state index contributed by atoms with van der Waals surface area (Å²) in [5.74, 6) is -0.366. The van der Waals surface area contributed by atoms with Gasteiger partial charge in [0.2, 0.25) is 0 Å². The van der Waals surface area contributed by atoms with E-state index in [2.05, 4.69) is 5.10 Å². The number of halogens is 1. The Morgan fingerprint density at radius 2 is 1.92 bits per heavy atom. The molecule has 2 aromatic carbocycles. The van der Waals surface area contributed by atoms with Crippen molar-refractivity contribution >= 4 is 40.9 Å². The number of amides is 2. The monoisotopic (exact) mass is 369 g/mol. The maximum atomic E-state index is 12.8. The zero-order valence-corrected chi connectivity index (χ0v) is 14.7. The molecule has 2 aromatic rings. The molecule has 1 aliphatic heterocycles. The fraction of sp³-hybridized carbons (Fsp3) is 0.105. The zero-order chi connectivity index (χ0) is 18.7. The fourth-order valence-electron chi connectivity index (χ4n) is 2.48. The number of hydrogen-bond acceptors (Lipinski definition) is 4. The average molecular weight is 370 g/mol. The van der Waals surface area contributed by atoms with Crippen molar-refractivity contribution in [3.05, 3.63) is 64.7 Å². The quantitative estimate of drug-likeness (QED) is 0.822. The second kappa shape index (κ2) is 7.41. The zero-order valence-electron chi connectivity index (χ0n) is 14.0. The van der Waals surface area contributed by atoms with Gasteiger partial charge in [0, 0.05) is 10.6 Å². The van der Waals surface area contributed by atoms with Gasteiger partial charge in [0.05, 0.1) is 17.0 Å². The number of nitrogens with two attached hydrogens (primary N) is 1. The minimum Gasteiger partial charge on any atom is -0.483 e. The molecule has 0 saturated carbocycles. The molecule has 0 spiro atoms. The molecule has 3 rings (SSSR count). The lowest BCUT2D eigenvalue weighted by Crippen LogP contribution is -2.21. The first-order chi connectivity index (χ1) is 12.5. The first-order valence-corrected chi connectivity index (χ1v) is 8.21. The Morgan fingerprint density at radius 3 is 2.62 bits per heavy atom. The van der Waals surface area contributed by atoms with E-state index in [-0.39, 0.29) is 12.5 Å². The predicted molar refractivity (Wildman–Crippen MR) is 101 cm³/mol. The van der Waals surface area contributed by atoms with Gasteiger partial charge < -0.3 is 10.5 Å². The Balaban J connectivity index is 1.91. The Kier molecular flexibility index (Phi) is 5.04. The van der Waals surface area contributed by atoms with E-state index in [9.17, 15) is 9.59 Å². The van der Waals surface area contributed by atoms with E-state index >= 15 is 0 Å². The van der Waals surface area contributed by atoms with Crippen molar-refractivity contribution in [3.8, 4) is 5.75 Å². The minimum absolute atomic E-state index is 0.238. The molecule has 0 aliphatic carbocycles. The van der Waals surface area contributed by atoms with Gasteiger partial charge >= 0.3 is 0 Å². The molecule has 0 fully saturated rings. The second-order valence-corrected chi connectivity index (χ2v) is 6.07. The van der Waals surface area contributed by atoms with Gasteiger partial charge in [-0.05, 0) is 43.3 Å². The van der Waals surface area contributed by atoms with Crippen LogP contribution in [-0.2, 0) is 9.59 Å². The van der Waals surface area contributed by atoms with Gasteiger partial charge in [0.15, 0.2) is 6.61 Å². The third-order valence-electron chi connectivity index (χ3n) is 3.72. The summed E-state index contributed by atoms with van der Waals surface area (Å²) in [7, 11) is 0. The smallest absolute Gasteiger partial charge is 0.280 e. The third-order valence-corrected chi connectivity index (χ3v) is 3.97. The third kappa shape index (κ3) is 3.75. The molecular formula is C19H16ClN3O3. The SMILES string of the molecule is CC1=NN(c2ccc(Cl)cc2)C(=O)C1=Cc1ccccc1OCC(N)=O. The van der Waals surface area contributed by atoms with Crippen molar-refractivity contribution in [2.45, 2.75) is 6.92 Å². The number of hydrogen-bond donors (Lipinski definition) is 1. The first-order valence-electron chi connectivity index (χ1n) is 7.83. The van der Waals surface area contributed by atoms with Crippen molar-refractivity contribution in [3.63, 3.8) is 0 Å². The summed E-state index contributed by atoms with van der Waals surface area (Å²) >= 11 is 5.89. The van der Waals surface area contributed by atoms with Crippen LogP contribution in [0.25, 0.3) is 6.08 Å². The fourth-order valence-corrected chi connectivity index (χ4v) is 2.60. The Hall–Kier alpha value is -3.12. The van der Waals surface area contributed by atoms with Crippen molar-refractivity contribution in [2.75, 3.05) is 11.6 Å². The van der Waals surface area contributed by atoms with Gasteiger partial charge in [-0.2, -0.15) is 10.1 Å². The van der Waals surface area contributed by atoms with Crippen LogP contribution in [0.1, 0.15) is 12.5 Å². The van der Waals surface area contributed by atoms with Crippen molar-refractivity contribution in [2.24, 2.45) is 10.8 Å². The molecule has 2 amide bonds. The van der Waals surface area contributed by atoms with E-state index in [1.165, 1.54) is 5.01 Å². The summed E-state index contributed by atoms with van der Waals surface area (Å²) in [6.45, 7) is 1.52. The molecule has 7 heteroatoms. The highest BCUT2D eigenvalue weighted by Gasteiger charge is 2.28. The number of nitrogens with zero attached hydrogens (tertiary/aromatic N) is 2. The molecule has 0 saturated heterocycles. The highest BCUT2D eigenvalue weighted by molar-refractivity contribution is 6.32. The molecule has 1 heterocycles. The van der Waals surface area contributed by atoms with Gasteiger partial charge in [0.1, 0.15) is 5.75 Å². The predicted octanol–water partition coefficient (Wildman–Crippen LogP) is 3.01. The van der Waals surface area contributed by atoms with E-state index in [4.69, 9.17) is 22.1 Å². The number of primary amides is 1. The molecule has 0 radical (unpaired) electrons. The molecular weight excluding hydrogens is 354 g/mol. The van der Waals surface area contributed by atoms with Crippen molar-refractivity contribution < 1.29 is 14.3 Å². The molecule has 26 heavy (non-hydrogen) atoms. The van der Waals surface area contributed by atoms with Crippen LogP contribution < -0.4 is 15.5 Å². The Labute approximate surface area is 155 Å². The van der Waals surface area contributed by atoms with Crippen LogP contribution >= 0.6 is 11.6 Å². The molecule has 132 valence electrons. The van der Waals surface area contributed by atoms with Crippen LogP contribution in [0.15, 0.2) is 59.2 Å². The van der Waals surface area contributed by atoms with Gasteiger partial charge in [-0.15, -0.1) is 0 Å². The molecule has 1 aliphatic rings. The number of hydrazone groups is 1. The number of carbonyl (C=O) groups is 2. The van der Waals surface area contributed by atoms with Crippen LogP contribution in [0.2, 0.25) is 5.02 Å². The van der Waals surface area contributed by atoms with Crippen LogP contribution in [0.3, 0.4) is 0 Å². The number of para-hydroxylation sites is 1. The van der Waals surface area contributed by atoms with Crippen molar-refractivity contribution in [1.29, 1.82) is 0 Å². The summed E-state index contributed by atoms with van der Waals surface area (Å²) in [5.41, 5.74) is 7.42. The van der Waals surface area contributed by atoms with E-state index in [1.54, 1.807) is 55.5 Å². The average Bonchev–Trinajstić information content (AvgIpc) is 2.90. The lowest BCUT2D eigenvalue weighted by Gasteiger charge is -2.12. The minimum atomic E-state index is -0.573. The van der Waals surface area contributed by atoms with Gasteiger partial charge in [0.25, 0.3) is 11.8 Å². The van der Waals surface area contributed by atoms with Crippen molar-refractivity contribution in [1.82, 2.24) is 0 Å². The molecule has 0 aromatic heterocycles. The highest BCUT2D eigenvalue weighted by Crippen LogP contribution is 2.28. The highest BCUT2D eigenvalue weighted by atomic mass is 35.5. The first kappa shape index (κ1) is 17.7. The van der Waals surface area contributed by atoms with Gasteiger partial charge in [-0.1, -0.05) is 29.8 Å². The number of anilines is 1. The summed E-state index contributed by atoms with van der Waals surface area (Å²) in [6, 6.07) is 13.9. The number of benzene rings is 2. The summed E-state index contributed by atoms with van der Waals surface area (Å²) in [5, 5.41) is 6.23. The maximum absolute atomic E-state index is 12.8. The summed E-state index contributed by atoms with van der Waals surface area (Å²) in [6.07, 6.45) is 1.69.